The first-order valence-electron chi connectivity index (χ1n) is 7.45. The molecule has 0 aliphatic rings. The van der Waals surface area contributed by atoms with Gasteiger partial charge >= 0.3 is 0 Å². The molecule has 5 heteroatoms. The molecule has 0 radical (unpaired) electrons. The minimum atomic E-state index is -0.0811. The van der Waals surface area contributed by atoms with Gasteiger partial charge < -0.3 is 10.2 Å². The Morgan fingerprint density at radius 2 is 1.75 bits per heavy atom. The molecule has 24 heavy (non-hydrogen) atoms. The van der Waals surface area contributed by atoms with Crippen molar-refractivity contribution in [1.29, 1.82) is 0 Å². The van der Waals surface area contributed by atoms with E-state index in [0.717, 1.165) is 15.8 Å². The average molecular weight is 382 g/mol. The van der Waals surface area contributed by atoms with Crippen LogP contribution in [0.2, 0.25) is 0 Å². The third kappa shape index (κ3) is 3.81. The summed E-state index contributed by atoms with van der Waals surface area (Å²) in [5.74, 6) is 0.548. The van der Waals surface area contributed by atoms with Crippen molar-refractivity contribution < 1.29 is 4.79 Å². The van der Waals surface area contributed by atoms with Crippen LogP contribution < -0.4 is 10.2 Å². The van der Waals surface area contributed by atoms with Gasteiger partial charge in [-0.15, -0.1) is 0 Å². The normalized spacial score (nSPS) is 10.2. The first kappa shape index (κ1) is 16.2. The van der Waals surface area contributed by atoms with Crippen molar-refractivity contribution in [3.05, 3.63) is 83.0 Å². The number of nitrogens with one attached hydrogen (secondary N) is 1. The predicted molar refractivity (Wildman–Crippen MR) is 101 cm³/mol. The number of anilines is 3. The van der Waals surface area contributed by atoms with Gasteiger partial charge in [-0.3, -0.25) is 4.79 Å². The number of carbonyl (C=O) groups excluding carboxylic acids is 1. The second-order valence-corrected chi connectivity index (χ2v) is 6.18. The van der Waals surface area contributed by atoms with E-state index in [9.17, 15) is 4.79 Å². The molecule has 2 aromatic carbocycles. The van der Waals surface area contributed by atoms with E-state index in [1.165, 1.54) is 0 Å². The van der Waals surface area contributed by atoms with E-state index in [4.69, 9.17) is 0 Å². The molecule has 1 heterocycles. The fourth-order valence-electron chi connectivity index (χ4n) is 2.28. The van der Waals surface area contributed by atoms with Crippen LogP contribution in [0.5, 0.6) is 0 Å². The molecule has 1 amide bonds. The molecule has 3 aromatic rings. The number of hydrogen-bond donors (Lipinski definition) is 1. The molecular formula is C19H16BrN3O. The lowest BCUT2D eigenvalue weighted by atomic mass is 10.2. The van der Waals surface area contributed by atoms with E-state index in [0.29, 0.717) is 11.4 Å². The van der Waals surface area contributed by atoms with Gasteiger partial charge in [-0.25, -0.2) is 4.98 Å². The maximum Gasteiger partial charge on any atom is 0.258 e. The van der Waals surface area contributed by atoms with E-state index in [1.807, 2.05) is 54.6 Å². The van der Waals surface area contributed by atoms with Gasteiger partial charge in [0.05, 0.1) is 0 Å². The summed E-state index contributed by atoms with van der Waals surface area (Å²) in [5.41, 5.74) is 2.34. The van der Waals surface area contributed by atoms with Crippen molar-refractivity contribution >= 4 is 39.0 Å². The Morgan fingerprint density at radius 3 is 2.46 bits per heavy atom. The molecule has 1 aromatic heterocycles. The number of halogens is 1. The van der Waals surface area contributed by atoms with E-state index in [1.54, 1.807) is 30.3 Å². The van der Waals surface area contributed by atoms with Crippen LogP contribution in [0.1, 0.15) is 10.4 Å². The maximum atomic E-state index is 12.7. The lowest BCUT2D eigenvalue weighted by molar-refractivity contribution is 0.0993. The number of aromatic nitrogens is 1. The quantitative estimate of drug-likeness (QED) is 0.701. The van der Waals surface area contributed by atoms with Crippen LogP contribution >= 0.6 is 15.9 Å². The van der Waals surface area contributed by atoms with Gasteiger partial charge in [0.15, 0.2) is 0 Å². The molecule has 0 saturated heterocycles. The zero-order valence-corrected chi connectivity index (χ0v) is 14.7. The zero-order valence-electron chi connectivity index (χ0n) is 13.1. The Labute approximate surface area is 149 Å². The largest absolute Gasteiger partial charge is 0.340 e. The lowest BCUT2D eigenvalue weighted by Gasteiger charge is -2.17. The second-order valence-electron chi connectivity index (χ2n) is 5.26. The molecule has 120 valence electrons. The minimum Gasteiger partial charge on any atom is -0.340 e. The van der Waals surface area contributed by atoms with Crippen LogP contribution in [-0.4, -0.2) is 17.9 Å². The molecule has 3 rings (SSSR count). The first-order valence-corrected chi connectivity index (χ1v) is 8.24. The number of rotatable bonds is 4. The Kier molecular flexibility index (Phi) is 4.91. The van der Waals surface area contributed by atoms with Crippen LogP contribution in [0.4, 0.5) is 17.2 Å². The van der Waals surface area contributed by atoms with Crippen molar-refractivity contribution in [3.63, 3.8) is 0 Å². The molecule has 0 unspecified atom stereocenters. The van der Waals surface area contributed by atoms with E-state index in [-0.39, 0.29) is 5.91 Å². The highest BCUT2D eigenvalue weighted by Gasteiger charge is 2.14. The Morgan fingerprint density at radius 1 is 1.04 bits per heavy atom. The molecule has 0 aliphatic carbocycles. The fraction of sp³-hybridized carbons (Fsp3) is 0.0526. The molecule has 1 N–H and O–H groups in total. The molecule has 0 spiro atoms. The molecule has 0 fully saturated rings. The number of nitrogens with zero attached hydrogens (tertiary/aromatic N) is 2. The van der Waals surface area contributed by atoms with Gasteiger partial charge in [0.2, 0.25) is 0 Å². The second kappa shape index (κ2) is 7.27. The summed E-state index contributed by atoms with van der Waals surface area (Å²) in [6, 6.07) is 20.8. The van der Waals surface area contributed by atoms with Crippen molar-refractivity contribution in [2.45, 2.75) is 0 Å². The number of carbonyl (C=O) groups is 1. The Bertz CT molecular complexity index is 835. The Hall–Kier alpha value is -2.66. The van der Waals surface area contributed by atoms with Gasteiger partial charge in [-0.05, 0) is 48.5 Å². The summed E-state index contributed by atoms with van der Waals surface area (Å²) in [6.07, 6.45) is 1.63. The number of amides is 1. The first-order chi connectivity index (χ1) is 11.6. The predicted octanol–water partition coefficient (Wildman–Crippen LogP) is 4.86. The van der Waals surface area contributed by atoms with Crippen LogP contribution in [-0.2, 0) is 0 Å². The average Bonchev–Trinajstić information content (AvgIpc) is 2.63. The highest BCUT2D eigenvalue weighted by Crippen LogP contribution is 2.20. The monoisotopic (exact) mass is 381 g/mol. The standard InChI is InChI=1S/C19H16BrN3O/c1-23(17-5-3-2-4-6-17)19(24)14-11-12-21-18(13-14)22-16-9-7-15(20)8-10-16/h2-13H,1H3,(H,21,22). The summed E-state index contributed by atoms with van der Waals surface area (Å²) in [7, 11) is 1.76. The highest BCUT2D eigenvalue weighted by molar-refractivity contribution is 9.10. The van der Waals surface area contributed by atoms with Crippen molar-refractivity contribution in [3.8, 4) is 0 Å². The molecule has 0 aliphatic heterocycles. The molecule has 0 saturated carbocycles. The molecule has 0 atom stereocenters. The summed E-state index contributed by atoms with van der Waals surface area (Å²) in [6.45, 7) is 0. The summed E-state index contributed by atoms with van der Waals surface area (Å²) in [4.78, 5) is 18.6. The van der Waals surface area contributed by atoms with E-state index < -0.39 is 0 Å². The van der Waals surface area contributed by atoms with Crippen LogP contribution in [0.15, 0.2) is 77.4 Å². The number of pyridine rings is 1. The third-order valence-electron chi connectivity index (χ3n) is 3.57. The molecular weight excluding hydrogens is 366 g/mol. The molecule has 4 nitrogen and oxygen atoms in total. The van der Waals surface area contributed by atoms with Crippen molar-refractivity contribution in [2.24, 2.45) is 0 Å². The van der Waals surface area contributed by atoms with E-state index in [2.05, 4.69) is 26.2 Å². The van der Waals surface area contributed by atoms with Crippen LogP contribution in [0.3, 0.4) is 0 Å². The summed E-state index contributed by atoms with van der Waals surface area (Å²) >= 11 is 3.41. The fourth-order valence-corrected chi connectivity index (χ4v) is 2.54. The van der Waals surface area contributed by atoms with Gasteiger partial charge in [-0.1, -0.05) is 34.1 Å². The van der Waals surface area contributed by atoms with Gasteiger partial charge in [0, 0.05) is 34.7 Å². The number of benzene rings is 2. The third-order valence-corrected chi connectivity index (χ3v) is 4.10. The van der Waals surface area contributed by atoms with E-state index >= 15 is 0 Å². The number of para-hydroxylation sites is 1. The van der Waals surface area contributed by atoms with Crippen molar-refractivity contribution in [1.82, 2.24) is 4.98 Å². The van der Waals surface area contributed by atoms with Crippen LogP contribution in [0, 0.1) is 0 Å². The SMILES string of the molecule is CN(C(=O)c1ccnc(Nc2ccc(Br)cc2)c1)c1ccccc1. The van der Waals surface area contributed by atoms with Gasteiger partial charge in [-0.2, -0.15) is 0 Å². The maximum absolute atomic E-state index is 12.7. The Balaban J connectivity index is 1.79. The minimum absolute atomic E-state index is 0.0811. The highest BCUT2D eigenvalue weighted by atomic mass is 79.9. The smallest absolute Gasteiger partial charge is 0.258 e. The lowest BCUT2D eigenvalue weighted by Crippen LogP contribution is -2.26. The van der Waals surface area contributed by atoms with Gasteiger partial charge in [0.25, 0.3) is 5.91 Å². The van der Waals surface area contributed by atoms with Crippen molar-refractivity contribution in [2.75, 3.05) is 17.3 Å². The molecule has 0 bridgehead atoms. The van der Waals surface area contributed by atoms with Gasteiger partial charge in [0.1, 0.15) is 5.82 Å². The summed E-state index contributed by atoms with van der Waals surface area (Å²) < 4.78 is 1.01. The van der Waals surface area contributed by atoms with Crippen LogP contribution in [0.25, 0.3) is 0 Å². The summed E-state index contributed by atoms with van der Waals surface area (Å²) in [5, 5.41) is 3.20. The number of hydrogen-bond acceptors (Lipinski definition) is 3. The zero-order chi connectivity index (χ0) is 16.9. The topological polar surface area (TPSA) is 45.2 Å².